The van der Waals surface area contributed by atoms with E-state index in [9.17, 15) is 9.59 Å². The fraction of sp³-hybridized carbons (Fsp3) is 0.692. The molecule has 0 aromatic carbocycles. The van der Waals surface area contributed by atoms with Gasteiger partial charge in [-0.1, -0.05) is 13.8 Å². The minimum Gasteiger partial charge on any atom is -0.299 e. The number of fused-ring (bicyclic) bond motifs is 2. The van der Waals surface area contributed by atoms with Crippen molar-refractivity contribution in [2.75, 3.05) is 0 Å². The monoisotopic (exact) mass is 230 g/mol. The molecule has 0 saturated heterocycles. The quantitative estimate of drug-likeness (QED) is 0.538. The molecule has 88 valence electrons. The number of rotatable bonds is 2. The fourth-order valence-electron chi connectivity index (χ4n) is 3.62. The van der Waals surface area contributed by atoms with E-state index in [1.54, 1.807) is 0 Å². The van der Waals surface area contributed by atoms with Gasteiger partial charge in [0.2, 0.25) is 0 Å². The normalized spacial score (nSPS) is 33.5. The molecule has 0 amide bonds. The predicted molar refractivity (Wildman–Crippen MR) is 60.6 cm³/mol. The largest absolute Gasteiger partial charge is 0.536 e. The maximum absolute atomic E-state index is 12.4. The van der Waals surface area contributed by atoms with Crippen LogP contribution in [0.15, 0.2) is 0 Å². The molecule has 0 radical (unpaired) electrons. The van der Waals surface area contributed by atoms with Gasteiger partial charge in [-0.15, -0.1) is 0 Å². The summed E-state index contributed by atoms with van der Waals surface area (Å²) in [6.07, 6.45) is 0.466. The average molecular weight is 230 g/mol. The van der Waals surface area contributed by atoms with Gasteiger partial charge in [-0.05, 0) is 24.2 Å². The molecular formula is C13H14N2O2. The Kier molecular flexibility index (Phi) is 2.36. The molecular weight excluding hydrogens is 216 g/mol. The zero-order chi connectivity index (χ0) is 12.8. The highest BCUT2D eigenvalue weighted by atomic mass is 16.2. The Labute approximate surface area is 101 Å². The second-order valence-corrected chi connectivity index (χ2v) is 5.49. The highest BCUT2D eigenvalue weighted by molar-refractivity contribution is 6.13. The summed E-state index contributed by atoms with van der Waals surface area (Å²) in [7, 11) is 0. The molecule has 2 saturated carbocycles. The van der Waals surface area contributed by atoms with Gasteiger partial charge in [0.25, 0.3) is 0 Å². The lowest BCUT2D eigenvalue weighted by molar-refractivity contribution is -0.143. The first kappa shape index (κ1) is 11.8. The molecule has 0 heterocycles. The van der Waals surface area contributed by atoms with Gasteiger partial charge in [0.15, 0.2) is 0 Å². The molecule has 0 aromatic rings. The van der Waals surface area contributed by atoms with Crippen molar-refractivity contribution in [3.8, 4) is 0 Å². The molecule has 0 N–H and O–H groups in total. The van der Waals surface area contributed by atoms with Crippen molar-refractivity contribution < 1.29 is 9.59 Å². The Morgan fingerprint density at radius 1 is 1.41 bits per heavy atom. The summed E-state index contributed by atoms with van der Waals surface area (Å²) in [5, 5.41) is 0. The first-order chi connectivity index (χ1) is 7.91. The van der Waals surface area contributed by atoms with E-state index in [-0.39, 0.29) is 11.7 Å². The van der Waals surface area contributed by atoms with E-state index in [4.69, 9.17) is 13.1 Å². The second kappa shape index (κ2) is 3.40. The lowest BCUT2D eigenvalue weighted by atomic mass is 9.65. The molecule has 2 rings (SSSR count). The lowest BCUT2D eigenvalue weighted by Crippen LogP contribution is -2.46. The van der Waals surface area contributed by atoms with Crippen LogP contribution in [0.25, 0.3) is 9.69 Å². The van der Waals surface area contributed by atoms with Crippen LogP contribution in [0.2, 0.25) is 0 Å². The number of carbonyl (C=O) groups excluding carboxylic acids is 2. The Bertz CT molecular complexity index is 467. The highest BCUT2D eigenvalue weighted by Crippen LogP contribution is 2.64. The van der Waals surface area contributed by atoms with Gasteiger partial charge < -0.3 is 0 Å². The van der Waals surface area contributed by atoms with Crippen LogP contribution in [0, 0.1) is 29.9 Å². The highest BCUT2D eigenvalue weighted by Gasteiger charge is 2.71. The molecule has 2 bridgehead atoms. The maximum atomic E-state index is 12.4. The van der Waals surface area contributed by atoms with Crippen LogP contribution < -0.4 is 0 Å². The summed E-state index contributed by atoms with van der Waals surface area (Å²) in [6, 6.07) is 0. The van der Waals surface area contributed by atoms with Crippen molar-refractivity contribution in [3.05, 3.63) is 22.8 Å². The molecule has 2 aliphatic carbocycles. The fourth-order valence-corrected chi connectivity index (χ4v) is 3.62. The summed E-state index contributed by atoms with van der Waals surface area (Å²) in [6.45, 7) is 17.7. The number of nitrogens with zero attached hydrogens (tertiary/aromatic N) is 2. The first-order valence-electron chi connectivity index (χ1n) is 5.72. The van der Waals surface area contributed by atoms with Crippen molar-refractivity contribution in [2.45, 2.75) is 39.3 Å². The summed E-state index contributed by atoms with van der Waals surface area (Å²) in [5.74, 6) is -0.283. The zero-order valence-corrected chi connectivity index (χ0v) is 9.99. The molecule has 0 spiro atoms. The van der Waals surface area contributed by atoms with E-state index in [1.807, 2.05) is 13.8 Å². The number of Topliss-reactive ketones (excluding diaryl/α,β-unsaturated/α-hetero) is 2. The van der Waals surface area contributed by atoms with Crippen molar-refractivity contribution in [2.24, 2.45) is 16.7 Å². The van der Waals surface area contributed by atoms with E-state index in [1.165, 1.54) is 0 Å². The Balaban J connectivity index is 2.50. The smallest absolute Gasteiger partial charge is 0.299 e. The predicted octanol–water partition coefficient (Wildman–Crippen LogP) is 2.12. The molecule has 4 heteroatoms. The standard InChI is InChI=1S/C13H14N2O2/c1-12(2)8-5-6-13(12,9(16)7-8)10(17)11(14-3)15-4/h8,11H,5-7H2,1-2H3. The van der Waals surface area contributed by atoms with Gasteiger partial charge in [-0.25, -0.2) is 22.8 Å². The van der Waals surface area contributed by atoms with E-state index >= 15 is 0 Å². The molecule has 2 atom stereocenters. The second-order valence-electron chi connectivity index (χ2n) is 5.49. The summed E-state index contributed by atoms with van der Waals surface area (Å²) < 4.78 is 0. The molecule has 0 aromatic heterocycles. The SMILES string of the molecule is [C-]#[N+]C([N+]#[C-])C(=O)C12CCC(CC1=O)C2(C)C. The van der Waals surface area contributed by atoms with Crippen molar-refractivity contribution in [1.82, 2.24) is 0 Å². The molecule has 2 aliphatic rings. The third-order valence-corrected chi connectivity index (χ3v) is 4.80. The third kappa shape index (κ3) is 1.16. The van der Waals surface area contributed by atoms with Gasteiger partial charge in [0, 0.05) is 6.42 Å². The van der Waals surface area contributed by atoms with Crippen LogP contribution in [0.3, 0.4) is 0 Å². The summed E-state index contributed by atoms with van der Waals surface area (Å²) in [5.41, 5.74) is -1.45. The summed E-state index contributed by atoms with van der Waals surface area (Å²) >= 11 is 0. The van der Waals surface area contributed by atoms with Crippen LogP contribution in [0.4, 0.5) is 0 Å². The molecule has 2 fully saturated rings. The van der Waals surface area contributed by atoms with Gasteiger partial charge in [0.05, 0.1) is 0 Å². The molecule has 17 heavy (non-hydrogen) atoms. The van der Waals surface area contributed by atoms with Gasteiger partial charge in [0.1, 0.15) is 11.2 Å². The molecule has 4 nitrogen and oxygen atoms in total. The number of hydrogen-bond acceptors (Lipinski definition) is 2. The third-order valence-electron chi connectivity index (χ3n) is 4.80. The van der Waals surface area contributed by atoms with E-state index in [0.717, 1.165) is 6.42 Å². The van der Waals surface area contributed by atoms with Gasteiger partial charge in [-0.2, -0.15) is 0 Å². The topological polar surface area (TPSA) is 42.9 Å². The minimum absolute atomic E-state index is 0.0546. The molecule has 0 aliphatic heterocycles. The number of hydrogen-bond donors (Lipinski definition) is 0. The van der Waals surface area contributed by atoms with Crippen molar-refractivity contribution >= 4 is 11.6 Å². The Hall–Kier alpha value is -1.68. The molecule has 2 unspecified atom stereocenters. The number of ketones is 2. The van der Waals surface area contributed by atoms with Crippen LogP contribution >= 0.6 is 0 Å². The minimum atomic E-state index is -1.34. The van der Waals surface area contributed by atoms with E-state index in [2.05, 4.69) is 9.69 Å². The average Bonchev–Trinajstić information content (AvgIpc) is 2.64. The summed E-state index contributed by atoms with van der Waals surface area (Å²) in [4.78, 5) is 30.6. The van der Waals surface area contributed by atoms with Crippen LogP contribution in [0.5, 0.6) is 0 Å². The lowest BCUT2D eigenvalue weighted by Gasteiger charge is -2.32. The maximum Gasteiger partial charge on any atom is 0.536 e. The van der Waals surface area contributed by atoms with Gasteiger partial charge >= 0.3 is 11.9 Å². The van der Waals surface area contributed by atoms with E-state index in [0.29, 0.717) is 12.8 Å². The van der Waals surface area contributed by atoms with Crippen LogP contribution in [0.1, 0.15) is 33.1 Å². The van der Waals surface area contributed by atoms with Crippen molar-refractivity contribution in [3.63, 3.8) is 0 Å². The Morgan fingerprint density at radius 3 is 2.35 bits per heavy atom. The number of carbonyl (C=O) groups is 2. The van der Waals surface area contributed by atoms with E-state index < -0.39 is 22.8 Å². The Morgan fingerprint density at radius 2 is 2.00 bits per heavy atom. The van der Waals surface area contributed by atoms with Gasteiger partial charge in [-0.3, -0.25) is 9.59 Å². The van der Waals surface area contributed by atoms with Crippen LogP contribution in [-0.4, -0.2) is 17.7 Å². The van der Waals surface area contributed by atoms with Crippen molar-refractivity contribution in [1.29, 1.82) is 0 Å². The first-order valence-corrected chi connectivity index (χ1v) is 5.72. The zero-order valence-electron chi connectivity index (χ0n) is 9.99. The van der Waals surface area contributed by atoms with Crippen LogP contribution in [-0.2, 0) is 9.59 Å².